The van der Waals surface area contributed by atoms with E-state index < -0.39 is 0 Å². The average Bonchev–Trinajstić information content (AvgIpc) is 2.48. The van der Waals surface area contributed by atoms with E-state index in [1.54, 1.807) is 12.1 Å². The van der Waals surface area contributed by atoms with Gasteiger partial charge in [0, 0.05) is 12.5 Å². The molecule has 0 unspecified atom stereocenters. The molecule has 2 rings (SSSR count). The van der Waals surface area contributed by atoms with Crippen LogP contribution in [0.1, 0.15) is 22.3 Å². The molecule has 0 aromatic heterocycles. The van der Waals surface area contributed by atoms with Crippen molar-refractivity contribution in [2.45, 2.75) is 12.8 Å². The van der Waals surface area contributed by atoms with E-state index in [0.29, 0.717) is 12.2 Å². The molecule has 0 heterocycles. The lowest BCUT2D eigenvalue weighted by molar-refractivity contribution is 0.0980. The Morgan fingerprint density at radius 3 is 2.38 bits per heavy atom. The van der Waals surface area contributed by atoms with Gasteiger partial charge in [0.15, 0.2) is 17.3 Å². The predicted octanol–water partition coefficient (Wildman–Crippen LogP) is 2.63. The predicted molar refractivity (Wildman–Crippen MR) is 77.1 cm³/mol. The van der Waals surface area contributed by atoms with Gasteiger partial charge in [-0.2, -0.15) is 0 Å². The van der Waals surface area contributed by atoms with Crippen molar-refractivity contribution >= 4 is 5.78 Å². The van der Waals surface area contributed by atoms with E-state index in [9.17, 15) is 20.1 Å². The molecule has 0 aliphatic heterocycles. The van der Waals surface area contributed by atoms with E-state index in [1.807, 2.05) is 0 Å². The molecule has 0 aliphatic rings. The van der Waals surface area contributed by atoms with Crippen LogP contribution in [-0.2, 0) is 6.42 Å². The number of rotatable bonds is 5. The van der Waals surface area contributed by atoms with Gasteiger partial charge < -0.3 is 20.1 Å². The molecule has 0 saturated heterocycles. The van der Waals surface area contributed by atoms with Gasteiger partial charge in [-0.15, -0.1) is 0 Å². The summed E-state index contributed by atoms with van der Waals surface area (Å²) >= 11 is 0. The molecule has 0 amide bonds. The van der Waals surface area contributed by atoms with Gasteiger partial charge >= 0.3 is 0 Å². The molecule has 0 atom stereocenters. The number of ketones is 1. The summed E-state index contributed by atoms with van der Waals surface area (Å²) in [5, 5.41) is 28.4. The first kappa shape index (κ1) is 14.7. The highest BCUT2D eigenvalue weighted by Gasteiger charge is 2.12. The van der Waals surface area contributed by atoms with Crippen LogP contribution in [0.15, 0.2) is 36.4 Å². The molecule has 0 spiro atoms. The lowest BCUT2D eigenvalue weighted by Gasteiger charge is -2.07. The molecule has 2 aromatic rings. The number of hydrogen-bond acceptors (Lipinski definition) is 5. The molecule has 0 bridgehead atoms. The van der Waals surface area contributed by atoms with Gasteiger partial charge in [0.1, 0.15) is 11.5 Å². The molecule has 21 heavy (non-hydrogen) atoms. The summed E-state index contributed by atoms with van der Waals surface area (Å²) in [5.41, 5.74) is 0.963. The van der Waals surface area contributed by atoms with Crippen molar-refractivity contribution in [1.82, 2.24) is 0 Å². The average molecular weight is 288 g/mol. The Morgan fingerprint density at radius 2 is 1.76 bits per heavy atom. The van der Waals surface area contributed by atoms with Crippen LogP contribution < -0.4 is 4.74 Å². The molecule has 2 aromatic carbocycles. The number of ether oxygens (including phenoxy) is 1. The Balaban J connectivity index is 2.06. The Hall–Kier alpha value is -2.69. The van der Waals surface area contributed by atoms with E-state index in [4.69, 9.17) is 4.74 Å². The SMILES string of the molecule is COc1ccc(C(=O)CCc2ccc(O)c(O)c2)c(O)c1. The first-order valence-electron chi connectivity index (χ1n) is 6.42. The number of Topliss-reactive ketones (excluding diaryl/α,β-unsaturated/α-hetero) is 1. The molecule has 5 nitrogen and oxygen atoms in total. The summed E-state index contributed by atoms with van der Waals surface area (Å²) in [6, 6.07) is 8.94. The number of hydrogen-bond donors (Lipinski definition) is 3. The number of benzene rings is 2. The van der Waals surface area contributed by atoms with Crippen molar-refractivity contribution in [3.8, 4) is 23.0 Å². The minimum Gasteiger partial charge on any atom is -0.507 e. The maximum Gasteiger partial charge on any atom is 0.166 e. The number of methoxy groups -OCH3 is 1. The van der Waals surface area contributed by atoms with Gasteiger partial charge in [-0.3, -0.25) is 4.79 Å². The second-order valence-electron chi connectivity index (χ2n) is 4.63. The van der Waals surface area contributed by atoms with Crippen LogP contribution >= 0.6 is 0 Å². The number of phenolic OH excluding ortho intramolecular Hbond substituents is 3. The number of carbonyl (C=O) groups is 1. The van der Waals surface area contributed by atoms with E-state index in [-0.39, 0.29) is 35.0 Å². The van der Waals surface area contributed by atoms with Crippen molar-refractivity contribution in [2.75, 3.05) is 7.11 Å². The zero-order valence-electron chi connectivity index (χ0n) is 11.5. The van der Waals surface area contributed by atoms with Crippen LogP contribution in [0.5, 0.6) is 23.0 Å². The maximum atomic E-state index is 12.1. The zero-order chi connectivity index (χ0) is 15.4. The summed E-state index contributed by atoms with van der Waals surface area (Å²) in [4.78, 5) is 12.1. The van der Waals surface area contributed by atoms with Gasteiger partial charge in [0.05, 0.1) is 12.7 Å². The first-order valence-corrected chi connectivity index (χ1v) is 6.42. The fourth-order valence-corrected chi connectivity index (χ4v) is 1.99. The molecule has 110 valence electrons. The molecular weight excluding hydrogens is 272 g/mol. The largest absolute Gasteiger partial charge is 0.507 e. The normalized spacial score (nSPS) is 10.3. The number of phenols is 3. The summed E-state index contributed by atoms with van der Waals surface area (Å²) < 4.78 is 4.96. The van der Waals surface area contributed by atoms with Gasteiger partial charge in [0.2, 0.25) is 0 Å². The third kappa shape index (κ3) is 3.45. The molecule has 5 heteroatoms. The number of aryl methyl sites for hydroxylation is 1. The molecule has 0 saturated carbocycles. The summed E-state index contributed by atoms with van der Waals surface area (Å²) in [7, 11) is 1.48. The second kappa shape index (κ2) is 6.17. The van der Waals surface area contributed by atoms with Gasteiger partial charge in [-0.1, -0.05) is 6.07 Å². The Kier molecular flexibility index (Phi) is 4.33. The Morgan fingerprint density at radius 1 is 1.00 bits per heavy atom. The third-order valence-corrected chi connectivity index (χ3v) is 3.19. The zero-order valence-corrected chi connectivity index (χ0v) is 11.5. The monoisotopic (exact) mass is 288 g/mol. The minimum atomic E-state index is -0.216. The van der Waals surface area contributed by atoms with Gasteiger partial charge in [0.25, 0.3) is 0 Å². The van der Waals surface area contributed by atoms with Crippen molar-refractivity contribution in [3.63, 3.8) is 0 Å². The van der Waals surface area contributed by atoms with E-state index in [2.05, 4.69) is 0 Å². The lowest BCUT2D eigenvalue weighted by atomic mass is 10.0. The second-order valence-corrected chi connectivity index (χ2v) is 4.63. The summed E-state index contributed by atoms with van der Waals surface area (Å²) in [5.74, 6) is -0.256. The third-order valence-electron chi connectivity index (χ3n) is 3.19. The smallest absolute Gasteiger partial charge is 0.166 e. The molecule has 0 aliphatic carbocycles. The highest BCUT2D eigenvalue weighted by atomic mass is 16.5. The van der Waals surface area contributed by atoms with Crippen molar-refractivity contribution in [1.29, 1.82) is 0 Å². The topological polar surface area (TPSA) is 87.0 Å². The van der Waals surface area contributed by atoms with E-state index in [0.717, 1.165) is 5.56 Å². The van der Waals surface area contributed by atoms with Gasteiger partial charge in [-0.05, 0) is 36.2 Å². The summed E-state index contributed by atoms with van der Waals surface area (Å²) in [6.07, 6.45) is 0.586. The molecule has 0 fully saturated rings. The highest BCUT2D eigenvalue weighted by Crippen LogP contribution is 2.27. The van der Waals surface area contributed by atoms with Gasteiger partial charge in [-0.25, -0.2) is 0 Å². The molecule has 0 radical (unpaired) electrons. The molecular formula is C16H16O5. The quantitative estimate of drug-likeness (QED) is 0.581. The van der Waals surface area contributed by atoms with E-state index >= 15 is 0 Å². The Labute approximate surface area is 122 Å². The number of aromatic hydroxyl groups is 3. The van der Waals surface area contributed by atoms with Crippen LogP contribution in [0.4, 0.5) is 0 Å². The fraction of sp³-hybridized carbons (Fsp3) is 0.188. The fourth-order valence-electron chi connectivity index (χ4n) is 1.99. The first-order chi connectivity index (χ1) is 10.0. The molecule has 3 N–H and O–H groups in total. The highest BCUT2D eigenvalue weighted by molar-refractivity contribution is 5.98. The van der Waals surface area contributed by atoms with Crippen LogP contribution in [0, 0.1) is 0 Å². The minimum absolute atomic E-state index is 0.118. The maximum absolute atomic E-state index is 12.1. The van der Waals surface area contributed by atoms with Crippen LogP contribution in [0.2, 0.25) is 0 Å². The van der Waals surface area contributed by atoms with Crippen molar-refractivity contribution in [3.05, 3.63) is 47.5 Å². The van der Waals surface area contributed by atoms with Crippen molar-refractivity contribution < 1.29 is 24.9 Å². The lowest BCUT2D eigenvalue weighted by Crippen LogP contribution is -2.02. The van der Waals surface area contributed by atoms with Crippen LogP contribution in [0.25, 0.3) is 0 Å². The number of carbonyl (C=O) groups excluding carboxylic acids is 1. The van der Waals surface area contributed by atoms with E-state index in [1.165, 1.54) is 31.4 Å². The van der Waals surface area contributed by atoms with Crippen LogP contribution in [0.3, 0.4) is 0 Å². The standard InChI is InChI=1S/C16H16O5/c1-21-11-4-5-12(15(19)9-11)13(17)6-2-10-3-7-14(18)16(20)8-10/h3-5,7-9,18-20H,2,6H2,1H3. The Bertz CT molecular complexity index is 664. The van der Waals surface area contributed by atoms with Crippen molar-refractivity contribution in [2.24, 2.45) is 0 Å². The summed E-state index contributed by atoms with van der Waals surface area (Å²) in [6.45, 7) is 0. The van der Waals surface area contributed by atoms with Crippen LogP contribution in [-0.4, -0.2) is 28.2 Å².